The fraction of sp³-hybridized carbons (Fsp3) is 0.895. The standard InChI is InChI=1S/C19H38O3Si/c1-10-11-16(8)19(21)17(9)18(20)12-22-23(13(2)3,14(4)5)15(6)7/h13-21H,12H2,1-9H3/t16-,17-,18+,19-/m1/s1. The number of hydrogen-bond donors (Lipinski definition) is 2. The van der Waals surface area contributed by atoms with Gasteiger partial charge in [0, 0.05) is 11.8 Å². The van der Waals surface area contributed by atoms with E-state index >= 15 is 0 Å². The minimum atomic E-state index is -1.98. The summed E-state index contributed by atoms with van der Waals surface area (Å²) in [7, 11) is -1.98. The van der Waals surface area contributed by atoms with Crippen molar-refractivity contribution in [3.05, 3.63) is 0 Å². The summed E-state index contributed by atoms with van der Waals surface area (Å²) in [4.78, 5) is 0. The van der Waals surface area contributed by atoms with Gasteiger partial charge in [-0.3, -0.25) is 0 Å². The van der Waals surface area contributed by atoms with Crippen molar-refractivity contribution in [3.63, 3.8) is 0 Å². The molecule has 0 amide bonds. The van der Waals surface area contributed by atoms with Crippen LogP contribution in [0.2, 0.25) is 16.6 Å². The first kappa shape index (κ1) is 22.7. The molecule has 0 aromatic heterocycles. The molecule has 4 atom stereocenters. The second kappa shape index (κ2) is 9.83. The molecule has 0 heterocycles. The molecule has 0 aromatic rings. The minimum Gasteiger partial charge on any atom is -0.413 e. The van der Waals surface area contributed by atoms with Gasteiger partial charge in [0.25, 0.3) is 0 Å². The van der Waals surface area contributed by atoms with E-state index in [4.69, 9.17) is 4.43 Å². The number of rotatable bonds is 9. The lowest BCUT2D eigenvalue weighted by Gasteiger charge is -2.43. The Morgan fingerprint density at radius 1 is 0.870 bits per heavy atom. The highest BCUT2D eigenvalue weighted by Crippen LogP contribution is 2.42. The number of aliphatic hydroxyl groups excluding tert-OH is 2. The zero-order valence-electron chi connectivity index (χ0n) is 16.6. The summed E-state index contributed by atoms with van der Waals surface area (Å²) in [6.07, 6.45) is -1.32. The van der Waals surface area contributed by atoms with E-state index in [1.807, 2.05) is 13.8 Å². The SMILES string of the molecule is CC#C[C@@H](C)[C@@H](O)[C@H](C)[C@@H](O)CO[Si](C(C)C)(C(C)C)C(C)C. The molecule has 23 heavy (non-hydrogen) atoms. The lowest BCUT2D eigenvalue weighted by Crippen LogP contribution is -2.50. The normalized spacial score (nSPS) is 17.8. The Hall–Kier alpha value is -0.343. The molecule has 0 fully saturated rings. The first-order valence-electron chi connectivity index (χ1n) is 8.94. The topological polar surface area (TPSA) is 49.7 Å². The fourth-order valence-electron chi connectivity index (χ4n) is 3.88. The molecule has 0 spiro atoms. The van der Waals surface area contributed by atoms with E-state index in [1.165, 1.54) is 0 Å². The highest BCUT2D eigenvalue weighted by atomic mass is 28.4. The predicted octanol–water partition coefficient (Wildman–Crippen LogP) is 4.20. The quantitative estimate of drug-likeness (QED) is 0.488. The highest BCUT2D eigenvalue weighted by Gasteiger charge is 2.45. The van der Waals surface area contributed by atoms with Crippen LogP contribution in [0.15, 0.2) is 0 Å². The second-order valence-corrected chi connectivity index (χ2v) is 13.2. The zero-order chi connectivity index (χ0) is 18.4. The summed E-state index contributed by atoms with van der Waals surface area (Å²) < 4.78 is 6.43. The van der Waals surface area contributed by atoms with Crippen molar-refractivity contribution in [1.82, 2.24) is 0 Å². The Morgan fingerprint density at radius 3 is 1.65 bits per heavy atom. The Morgan fingerprint density at radius 2 is 1.30 bits per heavy atom. The molecule has 136 valence electrons. The Labute approximate surface area is 145 Å². The van der Waals surface area contributed by atoms with Gasteiger partial charge in [-0.1, -0.05) is 54.4 Å². The molecule has 4 heteroatoms. The summed E-state index contributed by atoms with van der Waals surface area (Å²) in [5.74, 6) is 5.39. The van der Waals surface area contributed by atoms with Crippen molar-refractivity contribution in [1.29, 1.82) is 0 Å². The van der Waals surface area contributed by atoms with Crippen molar-refractivity contribution < 1.29 is 14.6 Å². The lowest BCUT2D eigenvalue weighted by atomic mass is 9.90. The first-order chi connectivity index (χ1) is 10.5. The highest BCUT2D eigenvalue weighted by molar-refractivity contribution is 6.77. The molecule has 0 saturated heterocycles. The smallest absolute Gasteiger partial charge is 0.200 e. The van der Waals surface area contributed by atoms with Crippen LogP contribution in [0.4, 0.5) is 0 Å². The molecule has 0 saturated carbocycles. The van der Waals surface area contributed by atoms with Crippen LogP contribution < -0.4 is 0 Å². The van der Waals surface area contributed by atoms with Crippen LogP contribution in [0, 0.1) is 23.7 Å². The maximum absolute atomic E-state index is 10.5. The van der Waals surface area contributed by atoms with Gasteiger partial charge in [-0.25, -0.2) is 0 Å². The molecule has 0 aliphatic rings. The average Bonchev–Trinajstić information content (AvgIpc) is 2.45. The van der Waals surface area contributed by atoms with Crippen LogP contribution in [0.1, 0.15) is 62.3 Å². The van der Waals surface area contributed by atoms with Gasteiger partial charge < -0.3 is 14.6 Å². The summed E-state index contributed by atoms with van der Waals surface area (Å²) in [6.45, 7) is 19.2. The average molecular weight is 343 g/mol. The number of hydrogen-bond acceptors (Lipinski definition) is 3. The molecule has 0 aliphatic heterocycles. The van der Waals surface area contributed by atoms with Gasteiger partial charge in [0.05, 0.1) is 18.8 Å². The summed E-state index contributed by atoms with van der Waals surface area (Å²) in [5.41, 5.74) is 1.46. The summed E-state index contributed by atoms with van der Waals surface area (Å²) >= 11 is 0. The monoisotopic (exact) mass is 342 g/mol. The predicted molar refractivity (Wildman–Crippen MR) is 101 cm³/mol. The van der Waals surface area contributed by atoms with Crippen LogP contribution in [0.3, 0.4) is 0 Å². The van der Waals surface area contributed by atoms with Crippen molar-refractivity contribution in [2.24, 2.45) is 11.8 Å². The van der Waals surface area contributed by atoms with Crippen LogP contribution in [-0.4, -0.2) is 37.3 Å². The van der Waals surface area contributed by atoms with Crippen LogP contribution >= 0.6 is 0 Å². The van der Waals surface area contributed by atoms with E-state index < -0.39 is 20.5 Å². The largest absolute Gasteiger partial charge is 0.413 e. The Balaban J connectivity index is 5.00. The van der Waals surface area contributed by atoms with Gasteiger partial charge in [-0.15, -0.1) is 5.92 Å². The van der Waals surface area contributed by atoms with Gasteiger partial charge in [0.2, 0.25) is 0 Å². The zero-order valence-corrected chi connectivity index (χ0v) is 17.6. The summed E-state index contributed by atoms with van der Waals surface area (Å²) in [5, 5.41) is 20.8. The van der Waals surface area contributed by atoms with Gasteiger partial charge in [0.15, 0.2) is 8.32 Å². The van der Waals surface area contributed by atoms with E-state index in [2.05, 4.69) is 53.4 Å². The second-order valence-electron chi connectivity index (χ2n) is 7.73. The molecule has 0 rings (SSSR count). The first-order valence-corrected chi connectivity index (χ1v) is 11.1. The molecule has 3 nitrogen and oxygen atoms in total. The van der Waals surface area contributed by atoms with Crippen molar-refractivity contribution in [3.8, 4) is 11.8 Å². The third-order valence-corrected chi connectivity index (χ3v) is 11.3. The van der Waals surface area contributed by atoms with Gasteiger partial charge >= 0.3 is 0 Å². The van der Waals surface area contributed by atoms with Gasteiger partial charge in [-0.2, -0.15) is 0 Å². The molecule has 0 radical (unpaired) electrons. The van der Waals surface area contributed by atoms with E-state index in [-0.39, 0.29) is 11.8 Å². The molecule has 0 unspecified atom stereocenters. The fourth-order valence-corrected chi connectivity index (χ4v) is 9.34. The molecule has 0 aromatic carbocycles. The van der Waals surface area contributed by atoms with Crippen LogP contribution in [0.5, 0.6) is 0 Å². The van der Waals surface area contributed by atoms with Crippen molar-refractivity contribution >= 4 is 8.32 Å². The van der Waals surface area contributed by atoms with Crippen molar-refractivity contribution in [2.75, 3.05) is 6.61 Å². The molecule has 0 bridgehead atoms. The molecule has 2 N–H and O–H groups in total. The van der Waals surface area contributed by atoms with Crippen molar-refractivity contribution in [2.45, 2.75) is 91.1 Å². The van der Waals surface area contributed by atoms with E-state index in [0.717, 1.165) is 0 Å². The van der Waals surface area contributed by atoms with Gasteiger partial charge in [0.1, 0.15) is 0 Å². The minimum absolute atomic E-state index is 0.146. The lowest BCUT2D eigenvalue weighted by molar-refractivity contribution is -0.0175. The maximum Gasteiger partial charge on any atom is 0.200 e. The molecule has 0 aliphatic carbocycles. The molecular weight excluding hydrogens is 304 g/mol. The third-order valence-electron chi connectivity index (χ3n) is 5.24. The van der Waals surface area contributed by atoms with E-state index in [9.17, 15) is 10.2 Å². The van der Waals surface area contributed by atoms with Crippen LogP contribution in [-0.2, 0) is 4.43 Å². The maximum atomic E-state index is 10.5. The Bertz CT molecular complexity index is 373. The summed E-state index contributed by atoms with van der Waals surface area (Å²) in [6, 6.07) is 0. The van der Waals surface area contributed by atoms with E-state index in [1.54, 1.807) is 6.92 Å². The van der Waals surface area contributed by atoms with Gasteiger partial charge in [-0.05, 0) is 30.5 Å². The third kappa shape index (κ3) is 5.60. The number of aliphatic hydroxyl groups is 2. The van der Waals surface area contributed by atoms with Crippen LogP contribution in [0.25, 0.3) is 0 Å². The van der Waals surface area contributed by atoms with E-state index in [0.29, 0.717) is 23.2 Å². The molecular formula is C19H38O3Si. The Kier molecular flexibility index (Phi) is 9.69.